The first-order valence-corrected chi connectivity index (χ1v) is 7.00. The zero-order valence-corrected chi connectivity index (χ0v) is 12.3. The molecule has 6 heteroatoms. The van der Waals surface area contributed by atoms with E-state index in [0.717, 1.165) is 5.56 Å². The fraction of sp³-hybridized carbons (Fsp3) is 0.500. The Hall–Kier alpha value is -1.62. The van der Waals surface area contributed by atoms with Gasteiger partial charge in [0.1, 0.15) is 6.04 Å². The van der Waals surface area contributed by atoms with Crippen molar-refractivity contribution in [3.63, 3.8) is 0 Å². The minimum atomic E-state index is -0.445. The van der Waals surface area contributed by atoms with Crippen LogP contribution in [0.25, 0.3) is 0 Å². The number of benzene rings is 1. The first-order valence-electron chi connectivity index (χ1n) is 6.63. The number of rotatable bonds is 2. The highest BCUT2D eigenvalue weighted by molar-refractivity contribution is 6.31. The van der Waals surface area contributed by atoms with Gasteiger partial charge in [0.25, 0.3) is 0 Å². The lowest BCUT2D eigenvalue weighted by atomic mass is 10.0. The SMILES string of the molecule is CC(C)OC(=O)N1CCCC(N=O)c2ccc(Cl)cc21. The molecular weight excluding hydrogens is 280 g/mol. The van der Waals surface area contributed by atoms with Gasteiger partial charge in [-0.15, -0.1) is 0 Å². The van der Waals surface area contributed by atoms with E-state index in [-0.39, 0.29) is 6.10 Å². The van der Waals surface area contributed by atoms with Gasteiger partial charge in [-0.1, -0.05) is 22.8 Å². The van der Waals surface area contributed by atoms with Crippen LogP contribution in [0.1, 0.15) is 38.3 Å². The first kappa shape index (κ1) is 14.8. The molecule has 0 saturated carbocycles. The molecule has 0 spiro atoms. The third-order valence-electron chi connectivity index (χ3n) is 3.19. The van der Waals surface area contributed by atoms with Crippen molar-refractivity contribution in [3.8, 4) is 0 Å². The highest BCUT2D eigenvalue weighted by Gasteiger charge is 2.28. The van der Waals surface area contributed by atoms with Crippen LogP contribution in [0.3, 0.4) is 0 Å². The molecule has 0 radical (unpaired) electrons. The zero-order chi connectivity index (χ0) is 14.7. The number of carbonyl (C=O) groups excluding carboxylic acids is 1. The molecule has 1 atom stereocenters. The number of amides is 1. The smallest absolute Gasteiger partial charge is 0.414 e. The maximum absolute atomic E-state index is 12.2. The summed E-state index contributed by atoms with van der Waals surface area (Å²) < 4.78 is 5.25. The lowest BCUT2D eigenvalue weighted by molar-refractivity contribution is 0.122. The molecule has 1 aromatic carbocycles. The molecule has 2 rings (SSSR count). The quantitative estimate of drug-likeness (QED) is 0.765. The van der Waals surface area contributed by atoms with E-state index in [9.17, 15) is 9.70 Å². The maximum Gasteiger partial charge on any atom is 0.414 e. The molecule has 0 saturated heterocycles. The van der Waals surface area contributed by atoms with Crippen LogP contribution in [0.4, 0.5) is 10.5 Å². The van der Waals surface area contributed by atoms with E-state index >= 15 is 0 Å². The minimum Gasteiger partial charge on any atom is -0.446 e. The van der Waals surface area contributed by atoms with Crippen molar-refractivity contribution in [3.05, 3.63) is 33.7 Å². The van der Waals surface area contributed by atoms with Crippen LogP contribution in [0.2, 0.25) is 5.02 Å². The standard InChI is InChI=1S/C14H17ClN2O3/c1-9(2)20-14(18)17-7-3-4-12(16-19)11-6-5-10(15)8-13(11)17/h5-6,8-9,12H,3-4,7H2,1-2H3. The molecule has 1 heterocycles. The Morgan fingerprint density at radius 2 is 2.25 bits per heavy atom. The van der Waals surface area contributed by atoms with Crippen molar-refractivity contribution >= 4 is 23.4 Å². The molecule has 0 aromatic heterocycles. The summed E-state index contributed by atoms with van der Waals surface area (Å²) in [5, 5.41) is 3.67. The van der Waals surface area contributed by atoms with E-state index in [1.54, 1.807) is 32.0 Å². The second kappa shape index (κ2) is 6.22. The Bertz CT molecular complexity index is 519. The Kier molecular flexibility index (Phi) is 4.60. The average Bonchev–Trinajstić information content (AvgIpc) is 2.56. The van der Waals surface area contributed by atoms with E-state index in [1.807, 2.05) is 0 Å². The van der Waals surface area contributed by atoms with E-state index in [0.29, 0.717) is 30.1 Å². The second-order valence-electron chi connectivity index (χ2n) is 5.05. The van der Waals surface area contributed by atoms with Gasteiger partial charge in [-0.2, -0.15) is 4.91 Å². The summed E-state index contributed by atoms with van der Waals surface area (Å²) in [6.45, 7) is 4.08. The summed E-state index contributed by atoms with van der Waals surface area (Å²) in [4.78, 5) is 24.7. The second-order valence-corrected chi connectivity index (χ2v) is 5.49. The third kappa shape index (κ3) is 3.10. The molecule has 0 bridgehead atoms. The van der Waals surface area contributed by atoms with Crippen LogP contribution in [-0.2, 0) is 4.74 Å². The molecule has 0 fully saturated rings. The molecule has 1 unspecified atom stereocenters. The molecule has 5 nitrogen and oxygen atoms in total. The van der Waals surface area contributed by atoms with Gasteiger partial charge in [0.05, 0.1) is 11.8 Å². The molecule has 0 N–H and O–H groups in total. The zero-order valence-electron chi connectivity index (χ0n) is 11.5. The molecular formula is C14H17ClN2O3. The predicted molar refractivity (Wildman–Crippen MR) is 78.2 cm³/mol. The third-order valence-corrected chi connectivity index (χ3v) is 3.42. The normalized spacial score (nSPS) is 18.4. The van der Waals surface area contributed by atoms with Crippen LogP contribution in [0.15, 0.2) is 23.4 Å². The number of nitrogens with zero attached hydrogens (tertiary/aromatic N) is 2. The highest BCUT2D eigenvalue weighted by Crippen LogP contribution is 2.37. The van der Waals surface area contributed by atoms with Crippen LogP contribution in [0.5, 0.6) is 0 Å². The fourth-order valence-electron chi connectivity index (χ4n) is 2.32. The van der Waals surface area contributed by atoms with Crippen LogP contribution >= 0.6 is 11.6 Å². The van der Waals surface area contributed by atoms with Crippen molar-refractivity contribution in [2.45, 2.75) is 38.8 Å². The molecule has 1 aliphatic heterocycles. The Morgan fingerprint density at radius 1 is 1.50 bits per heavy atom. The van der Waals surface area contributed by atoms with E-state index < -0.39 is 12.1 Å². The van der Waals surface area contributed by atoms with Gasteiger partial charge in [0.15, 0.2) is 0 Å². The summed E-state index contributed by atoms with van der Waals surface area (Å²) in [6.07, 6.45) is 0.683. The lowest BCUT2D eigenvalue weighted by Gasteiger charge is -2.23. The number of nitroso groups, excluding NO2 is 1. The van der Waals surface area contributed by atoms with Crippen LogP contribution in [-0.4, -0.2) is 18.7 Å². The van der Waals surface area contributed by atoms with Crippen LogP contribution < -0.4 is 4.90 Å². The largest absolute Gasteiger partial charge is 0.446 e. The summed E-state index contributed by atoms with van der Waals surface area (Å²) >= 11 is 6.01. The number of hydrogen-bond acceptors (Lipinski definition) is 4. The van der Waals surface area contributed by atoms with Crippen molar-refractivity contribution < 1.29 is 9.53 Å². The minimum absolute atomic E-state index is 0.201. The summed E-state index contributed by atoms with van der Waals surface area (Å²) in [7, 11) is 0. The van der Waals surface area contributed by atoms with Gasteiger partial charge in [0, 0.05) is 17.1 Å². The number of anilines is 1. The molecule has 1 aliphatic rings. The van der Waals surface area contributed by atoms with Gasteiger partial charge in [-0.25, -0.2) is 4.79 Å². The van der Waals surface area contributed by atoms with Crippen LogP contribution in [0, 0.1) is 4.91 Å². The topological polar surface area (TPSA) is 59.0 Å². The fourth-order valence-corrected chi connectivity index (χ4v) is 2.48. The summed E-state index contributed by atoms with van der Waals surface area (Å²) in [5.41, 5.74) is 1.34. The van der Waals surface area contributed by atoms with Gasteiger partial charge in [0.2, 0.25) is 0 Å². The maximum atomic E-state index is 12.2. The Labute approximate surface area is 122 Å². The van der Waals surface area contributed by atoms with Gasteiger partial charge < -0.3 is 4.74 Å². The molecule has 0 aliphatic carbocycles. The van der Waals surface area contributed by atoms with Crippen molar-refractivity contribution in [2.75, 3.05) is 11.4 Å². The number of halogens is 1. The Morgan fingerprint density at radius 3 is 2.90 bits per heavy atom. The van der Waals surface area contributed by atoms with Gasteiger partial charge in [-0.3, -0.25) is 4.90 Å². The van der Waals surface area contributed by atoms with E-state index in [2.05, 4.69) is 5.18 Å². The number of fused-ring (bicyclic) bond motifs is 1. The monoisotopic (exact) mass is 296 g/mol. The molecule has 1 aromatic rings. The summed E-state index contributed by atoms with van der Waals surface area (Å²) in [5.74, 6) is 0. The van der Waals surface area contributed by atoms with Gasteiger partial charge in [-0.05, 0) is 38.8 Å². The lowest BCUT2D eigenvalue weighted by Crippen LogP contribution is -2.33. The molecule has 108 valence electrons. The molecule has 20 heavy (non-hydrogen) atoms. The molecule has 1 amide bonds. The van der Waals surface area contributed by atoms with Crippen molar-refractivity contribution in [1.29, 1.82) is 0 Å². The first-order chi connectivity index (χ1) is 9.52. The number of carbonyl (C=O) groups is 1. The summed E-state index contributed by atoms with van der Waals surface area (Å²) in [6, 6.07) is 4.70. The van der Waals surface area contributed by atoms with E-state index in [1.165, 1.54) is 4.90 Å². The number of hydrogen-bond donors (Lipinski definition) is 0. The number of ether oxygens (including phenoxy) is 1. The Balaban J connectivity index is 2.41. The van der Waals surface area contributed by atoms with Crippen molar-refractivity contribution in [2.24, 2.45) is 5.18 Å². The predicted octanol–water partition coefficient (Wildman–Crippen LogP) is 4.29. The van der Waals surface area contributed by atoms with Gasteiger partial charge >= 0.3 is 6.09 Å². The highest BCUT2D eigenvalue weighted by atomic mass is 35.5. The van der Waals surface area contributed by atoms with E-state index in [4.69, 9.17) is 16.3 Å². The average molecular weight is 297 g/mol. The van der Waals surface area contributed by atoms with Crippen molar-refractivity contribution in [1.82, 2.24) is 0 Å².